The van der Waals surface area contributed by atoms with E-state index in [1.807, 2.05) is 54.0 Å². The van der Waals surface area contributed by atoms with Gasteiger partial charge in [0.25, 0.3) is 0 Å². The van der Waals surface area contributed by atoms with E-state index in [2.05, 4.69) is 15.3 Å². The molecule has 0 aliphatic rings. The zero-order chi connectivity index (χ0) is 18.1. The number of halogens is 1. The van der Waals surface area contributed by atoms with Gasteiger partial charge in [-0.2, -0.15) is 0 Å². The van der Waals surface area contributed by atoms with Gasteiger partial charge in [-0.25, -0.2) is 14.4 Å². The first kappa shape index (κ1) is 16.1. The van der Waals surface area contributed by atoms with Crippen molar-refractivity contribution in [3.8, 4) is 11.6 Å². The van der Waals surface area contributed by atoms with Crippen LogP contribution in [0.1, 0.15) is 5.82 Å². The summed E-state index contributed by atoms with van der Waals surface area (Å²) < 4.78 is 20.7. The second kappa shape index (κ2) is 6.48. The zero-order valence-electron chi connectivity index (χ0n) is 14.4. The van der Waals surface area contributed by atoms with E-state index in [-0.39, 0.29) is 5.82 Å². The highest BCUT2D eigenvalue weighted by Gasteiger charge is 2.11. The Balaban J connectivity index is 1.71. The highest BCUT2D eigenvalue weighted by atomic mass is 19.1. The molecule has 0 bridgehead atoms. The fourth-order valence-electron chi connectivity index (χ4n) is 2.90. The van der Waals surface area contributed by atoms with Crippen molar-refractivity contribution in [1.29, 1.82) is 0 Å². The fourth-order valence-corrected chi connectivity index (χ4v) is 2.90. The summed E-state index contributed by atoms with van der Waals surface area (Å²) in [4.78, 5) is 9.14. The molecule has 1 N–H and O–H groups in total. The third kappa shape index (κ3) is 2.97. The minimum Gasteiger partial charge on any atom is -0.497 e. The fraction of sp³-hybridized carbons (Fsp3) is 0.100. The number of benzene rings is 2. The van der Waals surface area contributed by atoms with Crippen LogP contribution >= 0.6 is 0 Å². The van der Waals surface area contributed by atoms with E-state index in [0.717, 1.165) is 22.8 Å². The average molecular weight is 348 g/mol. The number of imidazole rings is 1. The lowest BCUT2D eigenvalue weighted by Crippen LogP contribution is -2.02. The van der Waals surface area contributed by atoms with Crippen LogP contribution < -0.4 is 10.1 Å². The average Bonchev–Trinajstić information content (AvgIpc) is 2.97. The van der Waals surface area contributed by atoms with Crippen LogP contribution in [0.2, 0.25) is 0 Å². The molecular weight excluding hydrogens is 331 g/mol. The molecule has 6 heteroatoms. The van der Waals surface area contributed by atoms with Gasteiger partial charge in [0.15, 0.2) is 0 Å². The van der Waals surface area contributed by atoms with Crippen molar-refractivity contribution >= 4 is 22.5 Å². The van der Waals surface area contributed by atoms with Gasteiger partial charge in [0.1, 0.15) is 29.0 Å². The van der Waals surface area contributed by atoms with E-state index in [1.54, 1.807) is 13.2 Å². The minimum absolute atomic E-state index is 0.300. The van der Waals surface area contributed by atoms with E-state index in [4.69, 9.17) is 4.74 Å². The summed E-state index contributed by atoms with van der Waals surface area (Å²) in [5, 5.41) is 3.26. The second-order valence-corrected chi connectivity index (χ2v) is 5.86. The Bertz CT molecular complexity index is 1070. The standard InChI is InChI=1S/C20H17FN4O/c1-13-22-17-11-6-14(21)12-18(17)25(13)20-5-3-4-19(24-20)23-15-7-9-16(26-2)10-8-15/h3-12H,1-2H3,(H,23,24). The third-order valence-electron chi connectivity index (χ3n) is 4.11. The van der Waals surface area contributed by atoms with Crippen LogP contribution in [0.3, 0.4) is 0 Å². The van der Waals surface area contributed by atoms with E-state index >= 15 is 0 Å². The van der Waals surface area contributed by atoms with Gasteiger partial charge in [0.05, 0.1) is 18.1 Å². The van der Waals surface area contributed by atoms with Crippen molar-refractivity contribution in [2.24, 2.45) is 0 Å². The first-order chi connectivity index (χ1) is 12.6. The number of aromatic nitrogens is 3. The minimum atomic E-state index is -0.300. The highest BCUT2D eigenvalue weighted by Crippen LogP contribution is 2.23. The normalized spacial score (nSPS) is 10.9. The Hall–Kier alpha value is -3.41. The molecule has 0 aliphatic heterocycles. The molecule has 4 aromatic rings. The maximum Gasteiger partial charge on any atom is 0.140 e. The Morgan fingerprint density at radius 2 is 1.81 bits per heavy atom. The maximum atomic E-state index is 13.7. The summed E-state index contributed by atoms with van der Waals surface area (Å²) in [6, 6.07) is 17.8. The number of fused-ring (bicyclic) bond motifs is 1. The van der Waals surface area contributed by atoms with Crippen molar-refractivity contribution in [3.63, 3.8) is 0 Å². The molecule has 5 nitrogen and oxygen atoms in total. The molecule has 2 aromatic heterocycles. The molecule has 0 saturated heterocycles. The van der Waals surface area contributed by atoms with Crippen LogP contribution in [-0.4, -0.2) is 21.6 Å². The number of anilines is 2. The molecule has 26 heavy (non-hydrogen) atoms. The number of rotatable bonds is 4. The lowest BCUT2D eigenvalue weighted by molar-refractivity contribution is 0.415. The van der Waals surface area contributed by atoms with Gasteiger partial charge in [-0.05, 0) is 55.5 Å². The summed E-state index contributed by atoms with van der Waals surface area (Å²) >= 11 is 0. The summed E-state index contributed by atoms with van der Waals surface area (Å²) in [7, 11) is 1.63. The monoisotopic (exact) mass is 348 g/mol. The molecule has 0 amide bonds. The first-order valence-corrected chi connectivity index (χ1v) is 8.17. The lowest BCUT2D eigenvalue weighted by Gasteiger charge is -2.10. The van der Waals surface area contributed by atoms with Gasteiger partial charge >= 0.3 is 0 Å². The summed E-state index contributed by atoms with van der Waals surface area (Å²) in [6.45, 7) is 1.88. The van der Waals surface area contributed by atoms with Crippen LogP contribution in [0.4, 0.5) is 15.9 Å². The molecule has 0 saturated carbocycles. The molecule has 0 fully saturated rings. The number of methoxy groups -OCH3 is 1. The molecule has 0 spiro atoms. The lowest BCUT2D eigenvalue weighted by atomic mass is 10.3. The van der Waals surface area contributed by atoms with Crippen LogP contribution in [0, 0.1) is 12.7 Å². The number of hydrogen-bond acceptors (Lipinski definition) is 4. The largest absolute Gasteiger partial charge is 0.497 e. The molecule has 130 valence electrons. The zero-order valence-corrected chi connectivity index (χ0v) is 14.4. The van der Waals surface area contributed by atoms with Crippen molar-refractivity contribution in [2.45, 2.75) is 6.92 Å². The molecule has 0 aliphatic carbocycles. The van der Waals surface area contributed by atoms with Gasteiger partial charge in [0, 0.05) is 11.8 Å². The molecule has 2 heterocycles. The summed E-state index contributed by atoms with van der Waals surface area (Å²) in [6.07, 6.45) is 0. The Morgan fingerprint density at radius 3 is 2.58 bits per heavy atom. The van der Waals surface area contributed by atoms with Crippen molar-refractivity contribution in [1.82, 2.24) is 14.5 Å². The van der Waals surface area contributed by atoms with Crippen molar-refractivity contribution in [3.05, 3.63) is 72.3 Å². The second-order valence-electron chi connectivity index (χ2n) is 5.86. The van der Waals surface area contributed by atoms with Gasteiger partial charge in [-0.1, -0.05) is 6.07 Å². The Kier molecular flexibility index (Phi) is 4.01. The summed E-state index contributed by atoms with van der Waals surface area (Å²) in [5.74, 6) is 2.60. The Labute approximate surface area is 150 Å². The van der Waals surface area contributed by atoms with Gasteiger partial charge in [0.2, 0.25) is 0 Å². The molecule has 2 aromatic carbocycles. The maximum absolute atomic E-state index is 13.7. The van der Waals surface area contributed by atoms with Crippen molar-refractivity contribution in [2.75, 3.05) is 12.4 Å². The molecule has 0 unspecified atom stereocenters. The summed E-state index contributed by atoms with van der Waals surface area (Å²) in [5.41, 5.74) is 2.32. The third-order valence-corrected chi connectivity index (χ3v) is 4.11. The van der Waals surface area contributed by atoms with Crippen LogP contribution in [0.5, 0.6) is 5.75 Å². The number of nitrogens with one attached hydrogen (secondary N) is 1. The van der Waals surface area contributed by atoms with E-state index < -0.39 is 0 Å². The predicted molar refractivity (Wildman–Crippen MR) is 99.8 cm³/mol. The van der Waals surface area contributed by atoms with Crippen LogP contribution in [0.15, 0.2) is 60.7 Å². The van der Waals surface area contributed by atoms with Gasteiger partial charge in [-0.3, -0.25) is 4.57 Å². The molecule has 4 rings (SSSR count). The Morgan fingerprint density at radius 1 is 1.00 bits per heavy atom. The van der Waals surface area contributed by atoms with Crippen LogP contribution in [-0.2, 0) is 0 Å². The van der Waals surface area contributed by atoms with Gasteiger partial charge < -0.3 is 10.1 Å². The molecular formula is C20H17FN4O. The number of nitrogens with zero attached hydrogens (tertiary/aromatic N) is 3. The number of aryl methyl sites for hydroxylation is 1. The van der Waals surface area contributed by atoms with Gasteiger partial charge in [-0.15, -0.1) is 0 Å². The van der Waals surface area contributed by atoms with E-state index in [1.165, 1.54) is 12.1 Å². The number of hydrogen-bond donors (Lipinski definition) is 1. The van der Waals surface area contributed by atoms with E-state index in [0.29, 0.717) is 17.2 Å². The predicted octanol–water partition coefficient (Wildman–Crippen LogP) is 4.62. The van der Waals surface area contributed by atoms with Crippen LogP contribution in [0.25, 0.3) is 16.9 Å². The van der Waals surface area contributed by atoms with E-state index in [9.17, 15) is 4.39 Å². The first-order valence-electron chi connectivity index (χ1n) is 8.17. The number of pyridine rings is 1. The molecule has 0 radical (unpaired) electrons. The number of ether oxygens (including phenoxy) is 1. The van der Waals surface area contributed by atoms with Crippen molar-refractivity contribution < 1.29 is 9.13 Å². The smallest absolute Gasteiger partial charge is 0.140 e. The molecule has 0 atom stereocenters. The SMILES string of the molecule is COc1ccc(Nc2cccc(-n3c(C)nc4ccc(F)cc43)n2)cc1. The highest BCUT2D eigenvalue weighted by molar-refractivity contribution is 5.78. The topological polar surface area (TPSA) is 52.0 Å². The quantitative estimate of drug-likeness (QED) is 0.585.